The van der Waals surface area contributed by atoms with Crippen LogP contribution in [0.1, 0.15) is 47.2 Å². The molecule has 0 atom stereocenters. The molecule has 8 rings (SSSR count). The fourth-order valence-electron chi connectivity index (χ4n) is 8.23. The molecule has 0 saturated carbocycles. The van der Waals surface area contributed by atoms with Crippen LogP contribution in [0.3, 0.4) is 0 Å². The molecule has 2 heterocycles. The molecule has 0 bridgehead atoms. The topological polar surface area (TPSA) is 65.6 Å². The molecule has 6 aromatic carbocycles. The average molecular weight is 823 g/mol. The largest absolute Gasteiger partial charge is 0.380 e. The molecule has 0 aliphatic carbocycles. The molecular weight excluding hydrogens is 769 g/mol. The van der Waals surface area contributed by atoms with Crippen molar-refractivity contribution in [3.05, 3.63) is 190 Å². The van der Waals surface area contributed by atoms with Gasteiger partial charge >= 0.3 is 0 Å². The lowest BCUT2D eigenvalue weighted by Gasteiger charge is -2.28. The Labute approximate surface area is 365 Å². The van der Waals surface area contributed by atoms with Crippen molar-refractivity contribution in [3.8, 4) is 0 Å². The van der Waals surface area contributed by atoms with Gasteiger partial charge in [-0.15, -0.1) is 0 Å². The van der Waals surface area contributed by atoms with Crippen LogP contribution in [0.4, 0.5) is 34.1 Å². The van der Waals surface area contributed by atoms with Crippen LogP contribution in [-0.4, -0.2) is 61.1 Å². The number of nitrogens with zero attached hydrogens (tertiary/aromatic N) is 4. The first-order valence-corrected chi connectivity index (χ1v) is 21.5. The molecule has 0 radical (unpaired) electrons. The van der Waals surface area contributed by atoms with Crippen molar-refractivity contribution in [3.63, 3.8) is 0 Å². The van der Waals surface area contributed by atoms with Crippen LogP contribution in [-0.2, 0) is 19.1 Å². The highest BCUT2D eigenvalue weighted by Crippen LogP contribution is 2.47. The minimum atomic E-state index is -0.216. The van der Waals surface area contributed by atoms with Gasteiger partial charge in [-0.2, -0.15) is 0 Å². The van der Waals surface area contributed by atoms with Crippen LogP contribution < -0.4 is 9.80 Å². The molecule has 314 valence electrons. The van der Waals surface area contributed by atoms with E-state index in [2.05, 4.69) is 159 Å². The number of amides is 2. The SMILES string of the molecule is CCOCCN1C(=O)C2=C(c3ccc(N(c4ccc(C)cc4)c4ccc(C)cc4)cc3)N(CCOCC)C(=O)C2=C1c1ccc(N(c2ccc(C)cc2)c2ccc(C)cc2)cc1. The number of benzene rings is 6. The molecule has 0 fully saturated rings. The maximum atomic E-state index is 14.9. The molecule has 2 aliphatic rings. The standard InChI is InChI=1S/C54H54N4O4/c1-7-61-35-33-55-51(41-17-29-47(30-18-41)57(43-21-9-37(3)10-22-43)44-23-11-38(4)12-24-44)49-50(53(55)59)52(56(54(49)60)34-36-62-8-2)42-19-31-48(32-20-42)58(45-25-13-39(5)14-26-45)46-27-15-40(6)16-28-46/h9-32H,7-8,33-36H2,1-6H3. The van der Waals surface area contributed by atoms with Crippen LogP contribution in [0.15, 0.2) is 157 Å². The zero-order chi connectivity index (χ0) is 43.3. The van der Waals surface area contributed by atoms with E-state index in [0.29, 0.717) is 62.1 Å². The normalized spacial score (nSPS) is 13.7. The fraction of sp³-hybridized carbons (Fsp3) is 0.222. The van der Waals surface area contributed by atoms with Crippen molar-refractivity contribution in [2.45, 2.75) is 41.5 Å². The van der Waals surface area contributed by atoms with Crippen molar-refractivity contribution in [1.82, 2.24) is 9.80 Å². The van der Waals surface area contributed by atoms with Gasteiger partial charge in [0.15, 0.2) is 0 Å². The van der Waals surface area contributed by atoms with Gasteiger partial charge in [-0.3, -0.25) is 9.59 Å². The molecule has 2 amide bonds. The minimum absolute atomic E-state index is 0.216. The first-order valence-electron chi connectivity index (χ1n) is 21.5. The molecule has 8 nitrogen and oxygen atoms in total. The summed E-state index contributed by atoms with van der Waals surface area (Å²) in [5, 5.41) is 0. The third-order valence-electron chi connectivity index (χ3n) is 11.5. The molecule has 8 heteroatoms. The van der Waals surface area contributed by atoms with E-state index < -0.39 is 0 Å². The molecule has 62 heavy (non-hydrogen) atoms. The third-order valence-corrected chi connectivity index (χ3v) is 11.5. The lowest BCUT2D eigenvalue weighted by atomic mass is 10.0. The second-order valence-corrected chi connectivity index (χ2v) is 15.9. The molecule has 2 aliphatic heterocycles. The average Bonchev–Trinajstić information content (AvgIpc) is 3.73. The Bertz CT molecular complexity index is 2320. The summed E-state index contributed by atoms with van der Waals surface area (Å²) in [5.41, 5.74) is 14.3. The van der Waals surface area contributed by atoms with E-state index in [1.807, 2.05) is 38.1 Å². The third kappa shape index (κ3) is 8.44. The highest BCUT2D eigenvalue weighted by atomic mass is 16.5. The predicted octanol–water partition coefficient (Wildman–Crippen LogP) is 11.7. The van der Waals surface area contributed by atoms with Gasteiger partial charge in [0.1, 0.15) is 0 Å². The summed E-state index contributed by atoms with van der Waals surface area (Å²) < 4.78 is 11.6. The number of anilines is 6. The minimum Gasteiger partial charge on any atom is -0.380 e. The summed E-state index contributed by atoms with van der Waals surface area (Å²) in [5.74, 6) is -0.431. The van der Waals surface area contributed by atoms with E-state index in [-0.39, 0.29) is 11.8 Å². The van der Waals surface area contributed by atoms with Crippen molar-refractivity contribution in [2.75, 3.05) is 49.3 Å². The van der Waals surface area contributed by atoms with Gasteiger partial charge < -0.3 is 29.1 Å². The number of carbonyl (C=O) groups is 2. The quantitative estimate of drug-likeness (QED) is 0.0906. The summed E-state index contributed by atoms with van der Waals surface area (Å²) in [6.07, 6.45) is 0. The zero-order valence-electron chi connectivity index (χ0n) is 36.5. The van der Waals surface area contributed by atoms with Crippen LogP contribution in [0.25, 0.3) is 11.4 Å². The molecule has 0 unspecified atom stereocenters. The van der Waals surface area contributed by atoms with Gasteiger partial charge in [0.25, 0.3) is 11.8 Å². The number of hydrogen-bond acceptors (Lipinski definition) is 6. The van der Waals surface area contributed by atoms with Crippen molar-refractivity contribution < 1.29 is 19.1 Å². The molecule has 6 aromatic rings. The van der Waals surface area contributed by atoms with Gasteiger partial charge in [-0.05, 0) is 125 Å². The van der Waals surface area contributed by atoms with Gasteiger partial charge in [0.2, 0.25) is 0 Å². The number of aryl methyl sites for hydroxylation is 4. The van der Waals surface area contributed by atoms with Gasteiger partial charge in [-0.25, -0.2) is 0 Å². The molecular formula is C54H54N4O4. The number of fused-ring (bicyclic) bond motifs is 1. The molecule has 0 saturated heterocycles. The van der Waals surface area contributed by atoms with Crippen LogP contribution in [0, 0.1) is 27.7 Å². The van der Waals surface area contributed by atoms with Crippen molar-refractivity contribution >= 4 is 57.3 Å². The lowest BCUT2D eigenvalue weighted by Crippen LogP contribution is -2.33. The van der Waals surface area contributed by atoms with Gasteiger partial charge in [0, 0.05) is 60.4 Å². The second kappa shape index (κ2) is 18.5. The lowest BCUT2D eigenvalue weighted by molar-refractivity contribution is -0.124. The zero-order valence-corrected chi connectivity index (χ0v) is 36.5. The first kappa shape index (κ1) is 42.0. The summed E-state index contributed by atoms with van der Waals surface area (Å²) in [7, 11) is 0. The van der Waals surface area contributed by atoms with Gasteiger partial charge in [0.05, 0.1) is 35.8 Å². The summed E-state index contributed by atoms with van der Waals surface area (Å²) in [4.78, 5) is 37.7. The molecule has 0 spiro atoms. The highest BCUT2D eigenvalue weighted by Gasteiger charge is 2.48. The number of hydrogen-bond donors (Lipinski definition) is 0. The Morgan fingerprint density at radius 1 is 0.387 bits per heavy atom. The Morgan fingerprint density at radius 3 is 0.871 bits per heavy atom. The van der Waals surface area contributed by atoms with E-state index in [1.165, 1.54) is 22.3 Å². The summed E-state index contributed by atoms with van der Waals surface area (Å²) >= 11 is 0. The van der Waals surface area contributed by atoms with E-state index in [4.69, 9.17) is 9.47 Å². The van der Waals surface area contributed by atoms with E-state index in [1.54, 1.807) is 9.80 Å². The van der Waals surface area contributed by atoms with Crippen LogP contribution >= 0.6 is 0 Å². The Kier molecular flexibility index (Phi) is 12.5. The highest BCUT2D eigenvalue weighted by molar-refractivity contribution is 6.30. The summed E-state index contributed by atoms with van der Waals surface area (Å²) in [6, 6.07) is 50.3. The van der Waals surface area contributed by atoms with E-state index in [9.17, 15) is 9.59 Å². The maximum absolute atomic E-state index is 14.9. The fourth-order valence-corrected chi connectivity index (χ4v) is 8.23. The summed E-state index contributed by atoms with van der Waals surface area (Å²) in [6.45, 7) is 14.5. The number of ether oxygens (including phenoxy) is 2. The first-order chi connectivity index (χ1) is 30.2. The van der Waals surface area contributed by atoms with Crippen LogP contribution in [0.5, 0.6) is 0 Å². The second-order valence-electron chi connectivity index (χ2n) is 15.9. The number of carbonyl (C=O) groups excluding carboxylic acids is 2. The van der Waals surface area contributed by atoms with Crippen molar-refractivity contribution in [1.29, 1.82) is 0 Å². The molecule has 0 N–H and O–H groups in total. The Hall–Kier alpha value is -6.74. The maximum Gasteiger partial charge on any atom is 0.261 e. The predicted molar refractivity (Wildman–Crippen MR) is 251 cm³/mol. The van der Waals surface area contributed by atoms with E-state index in [0.717, 1.165) is 45.3 Å². The van der Waals surface area contributed by atoms with Crippen LogP contribution in [0.2, 0.25) is 0 Å². The Morgan fingerprint density at radius 2 is 0.629 bits per heavy atom. The number of rotatable bonds is 16. The van der Waals surface area contributed by atoms with Gasteiger partial charge in [-0.1, -0.05) is 95.1 Å². The van der Waals surface area contributed by atoms with Crippen molar-refractivity contribution in [2.24, 2.45) is 0 Å². The monoisotopic (exact) mass is 822 g/mol. The Balaban J connectivity index is 1.24. The molecule has 0 aromatic heterocycles. The smallest absolute Gasteiger partial charge is 0.261 e. The van der Waals surface area contributed by atoms with E-state index >= 15 is 0 Å².